The summed E-state index contributed by atoms with van der Waals surface area (Å²) in [6, 6.07) is 0. The van der Waals surface area contributed by atoms with Crippen LogP contribution < -0.4 is 5.73 Å². The predicted octanol–water partition coefficient (Wildman–Crippen LogP) is 25.1. The molecule has 0 radical (unpaired) electrons. The molecule has 0 aliphatic heterocycles. The van der Waals surface area contributed by atoms with Gasteiger partial charge in [0.15, 0.2) is 6.10 Å². The van der Waals surface area contributed by atoms with Crippen LogP contribution in [0.2, 0.25) is 0 Å². The van der Waals surface area contributed by atoms with E-state index in [-0.39, 0.29) is 38.6 Å². The Bertz CT molecular complexity index is 2180. The first-order valence-electron chi connectivity index (χ1n) is 37.3. The number of unbranched alkanes of at least 4 members (excludes halogenated alkanes) is 25. The van der Waals surface area contributed by atoms with E-state index in [1.54, 1.807) is 0 Å². The molecule has 0 saturated carbocycles. The van der Waals surface area contributed by atoms with Crippen LogP contribution in [0.1, 0.15) is 296 Å². The molecule has 2 atom stereocenters. The van der Waals surface area contributed by atoms with Gasteiger partial charge in [-0.05, 0) is 135 Å². The van der Waals surface area contributed by atoms with E-state index in [0.29, 0.717) is 6.42 Å². The third-order valence-corrected chi connectivity index (χ3v) is 16.3. The molecule has 0 rings (SSSR count). The van der Waals surface area contributed by atoms with Gasteiger partial charge in [0.1, 0.15) is 6.61 Å². The summed E-state index contributed by atoms with van der Waals surface area (Å²) in [6.45, 7) is 3.51. The number of esters is 2. The van der Waals surface area contributed by atoms with Crippen LogP contribution in [0.3, 0.4) is 0 Å². The number of carbonyl (C=O) groups is 2. The van der Waals surface area contributed by atoms with E-state index in [2.05, 4.69) is 196 Å². The highest BCUT2D eigenvalue weighted by Crippen LogP contribution is 2.43. The lowest BCUT2D eigenvalue weighted by molar-refractivity contribution is -0.161. The first kappa shape index (κ1) is 88.1. The minimum Gasteiger partial charge on any atom is -0.462 e. The Labute approximate surface area is 571 Å². The molecule has 526 valence electrons. The highest BCUT2D eigenvalue weighted by atomic mass is 31.2. The number of nitrogens with two attached hydrogens (primary N) is 1. The average Bonchev–Trinajstić information content (AvgIpc) is 3.70. The van der Waals surface area contributed by atoms with Gasteiger partial charge in [-0.2, -0.15) is 0 Å². The second-order valence-electron chi connectivity index (χ2n) is 24.0. The summed E-state index contributed by atoms with van der Waals surface area (Å²) in [6.07, 6.45) is 114. The number of hydrogen-bond acceptors (Lipinski definition) is 8. The number of rotatable bonds is 68. The Hall–Kier alpha value is -4.89. The summed E-state index contributed by atoms with van der Waals surface area (Å²) in [7, 11) is -4.41. The fraction of sp³-hybridized carbons (Fsp3) is 0.614. The molecule has 0 aliphatic carbocycles. The predicted molar refractivity (Wildman–Crippen MR) is 403 cm³/mol. The first-order chi connectivity index (χ1) is 45.8. The van der Waals surface area contributed by atoms with E-state index in [4.69, 9.17) is 24.3 Å². The molecule has 0 amide bonds. The Kier molecular flexibility index (Phi) is 72.1. The third kappa shape index (κ3) is 76.0. The molecule has 0 aromatic rings. The van der Waals surface area contributed by atoms with Gasteiger partial charge in [-0.15, -0.1) is 0 Å². The van der Waals surface area contributed by atoms with E-state index >= 15 is 0 Å². The van der Waals surface area contributed by atoms with Crippen molar-refractivity contribution in [2.24, 2.45) is 5.73 Å². The molecule has 93 heavy (non-hydrogen) atoms. The maximum absolute atomic E-state index is 12.8. The van der Waals surface area contributed by atoms with E-state index in [1.807, 2.05) is 0 Å². The van der Waals surface area contributed by atoms with Crippen molar-refractivity contribution < 1.29 is 37.6 Å². The second kappa shape index (κ2) is 76.1. The van der Waals surface area contributed by atoms with Gasteiger partial charge in [0.25, 0.3) is 0 Å². The van der Waals surface area contributed by atoms with E-state index in [0.717, 1.165) is 141 Å². The lowest BCUT2D eigenvalue weighted by Gasteiger charge is -2.19. The summed E-state index contributed by atoms with van der Waals surface area (Å²) in [5.41, 5.74) is 5.41. The zero-order valence-corrected chi connectivity index (χ0v) is 60.1. The van der Waals surface area contributed by atoms with Crippen LogP contribution in [0.25, 0.3) is 0 Å². The van der Waals surface area contributed by atoms with Crippen LogP contribution in [-0.2, 0) is 32.7 Å². The van der Waals surface area contributed by atoms with Gasteiger partial charge in [-0.3, -0.25) is 18.6 Å². The van der Waals surface area contributed by atoms with Gasteiger partial charge in [-0.1, -0.05) is 331 Å². The average molecular weight is 1310 g/mol. The van der Waals surface area contributed by atoms with Crippen LogP contribution in [-0.4, -0.2) is 49.3 Å². The van der Waals surface area contributed by atoms with Crippen molar-refractivity contribution in [1.82, 2.24) is 0 Å². The summed E-state index contributed by atoms with van der Waals surface area (Å²) < 4.78 is 33.2. The fourth-order valence-corrected chi connectivity index (χ4v) is 10.6. The molecule has 0 saturated heterocycles. The van der Waals surface area contributed by atoms with E-state index in [1.165, 1.54) is 122 Å². The quantitative estimate of drug-likeness (QED) is 0.0264. The molecule has 0 bridgehead atoms. The molecule has 0 aliphatic rings. The van der Waals surface area contributed by atoms with Crippen molar-refractivity contribution in [3.63, 3.8) is 0 Å². The maximum Gasteiger partial charge on any atom is 0.472 e. The monoisotopic (exact) mass is 1310 g/mol. The van der Waals surface area contributed by atoms with E-state index in [9.17, 15) is 19.0 Å². The standard InChI is InChI=1S/C83H136NO8P/c1-3-5-7-9-11-13-15-17-19-21-23-25-27-29-31-33-35-37-39-40-42-43-45-47-49-51-53-55-57-59-61-63-65-67-69-71-73-75-82(85)89-79-81(80-91-93(87,88)90-78-77-84)92-83(86)76-74-72-70-68-66-64-62-60-58-56-54-52-50-48-46-44-41-38-36-34-32-30-28-26-24-22-20-18-16-14-12-10-8-6-4-2/h5-8,11-14,17-20,23-26,29-32,35-38,40,42,44,46,50,52,81H,3-4,9-10,15-16,21-22,27-28,33-34,39,41,43,45,47-49,51,53-80,84H2,1-2H3,(H,87,88)/b7-5-,8-6-,13-11-,14-12-,19-17-,20-18-,25-23-,26-24-,31-29-,32-30-,37-35-,38-36-,42-40-,46-44-,52-50-. The number of hydrogen-bond donors (Lipinski definition) is 2. The maximum atomic E-state index is 12.8. The van der Waals surface area contributed by atoms with Gasteiger partial charge in [-0.25, -0.2) is 4.57 Å². The Morgan fingerprint density at radius 2 is 0.559 bits per heavy atom. The molecule has 10 heteroatoms. The van der Waals surface area contributed by atoms with Crippen molar-refractivity contribution in [1.29, 1.82) is 0 Å². The summed E-state index contributed by atoms with van der Waals surface area (Å²) in [5.74, 6) is -0.837. The number of phosphoric acid groups is 1. The topological polar surface area (TPSA) is 134 Å². The Morgan fingerprint density at radius 3 is 0.828 bits per heavy atom. The van der Waals surface area contributed by atoms with Crippen LogP contribution >= 0.6 is 7.82 Å². The lowest BCUT2D eigenvalue weighted by atomic mass is 10.0. The third-order valence-electron chi connectivity index (χ3n) is 15.3. The van der Waals surface area contributed by atoms with Crippen molar-refractivity contribution in [3.8, 4) is 0 Å². The molecule has 2 unspecified atom stereocenters. The summed E-state index contributed by atoms with van der Waals surface area (Å²) >= 11 is 0. The zero-order chi connectivity index (χ0) is 67.2. The van der Waals surface area contributed by atoms with Gasteiger partial charge in [0, 0.05) is 19.4 Å². The lowest BCUT2D eigenvalue weighted by Crippen LogP contribution is -2.29. The van der Waals surface area contributed by atoms with Crippen LogP contribution in [0.4, 0.5) is 0 Å². The number of ether oxygens (including phenoxy) is 2. The molecule has 0 fully saturated rings. The number of allylic oxidation sites excluding steroid dienone is 30. The smallest absolute Gasteiger partial charge is 0.462 e. The van der Waals surface area contributed by atoms with Crippen molar-refractivity contribution >= 4 is 19.8 Å². The van der Waals surface area contributed by atoms with Crippen molar-refractivity contribution in [2.75, 3.05) is 26.4 Å². The van der Waals surface area contributed by atoms with Gasteiger partial charge >= 0.3 is 19.8 Å². The number of carbonyl (C=O) groups excluding carboxylic acids is 2. The van der Waals surface area contributed by atoms with Gasteiger partial charge in [0.2, 0.25) is 0 Å². The van der Waals surface area contributed by atoms with Crippen LogP contribution in [0.5, 0.6) is 0 Å². The highest BCUT2D eigenvalue weighted by Gasteiger charge is 2.26. The first-order valence-corrected chi connectivity index (χ1v) is 38.8. The fourth-order valence-electron chi connectivity index (χ4n) is 9.87. The molecule has 9 nitrogen and oxygen atoms in total. The SMILES string of the molecule is CC/C=C\C/C=C\C/C=C\C/C=C\C/C=C\C/C=C\C/C=C\C/C=C\CCCCCCCCCCCCC(=O)OC(COC(=O)CCCCCCCCCCCCCCCCC/C=C\C/C=C\C/C=C\C/C=C\C/C=C\C/C=C\C/C=C\CC)COP(=O)(O)OCCN. The van der Waals surface area contributed by atoms with Gasteiger partial charge < -0.3 is 20.1 Å². The van der Waals surface area contributed by atoms with Crippen molar-refractivity contribution in [3.05, 3.63) is 182 Å². The molecule has 0 aromatic carbocycles. The summed E-state index contributed by atoms with van der Waals surface area (Å²) in [4.78, 5) is 35.4. The minimum absolute atomic E-state index is 0.0452. The normalized spacial score (nSPS) is 14.0. The molecule has 0 spiro atoms. The molecular formula is C83H136NO8P. The van der Waals surface area contributed by atoms with E-state index < -0.39 is 26.5 Å². The van der Waals surface area contributed by atoms with Crippen LogP contribution in [0, 0.1) is 0 Å². The second-order valence-corrected chi connectivity index (χ2v) is 25.5. The molecule has 0 aromatic heterocycles. The number of phosphoric ester groups is 1. The summed E-state index contributed by atoms with van der Waals surface area (Å²) in [5, 5.41) is 0. The Morgan fingerprint density at radius 1 is 0.323 bits per heavy atom. The van der Waals surface area contributed by atoms with Crippen molar-refractivity contribution in [2.45, 2.75) is 302 Å². The minimum atomic E-state index is -4.41. The zero-order valence-electron chi connectivity index (χ0n) is 59.2. The highest BCUT2D eigenvalue weighted by molar-refractivity contribution is 7.47. The molecule has 3 N–H and O–H groups in total. The largest absolute Gasteiger partial charge is 0.472 e. The molecule has 0 heterocycles. The van der Waals surface area contributed by atoms with Crippen LogP contribution in [0.15, 0.2) is 182 Å². The Balaban J connectivity index is 3.92. The van der Waals surface area contributed by atoms with Gasteiger partial charge in [0.05, 0.1) is 13.2 Å². The molecular weight excluding hydrogens is 1170 g/mol.